The smallest absolute Gasteiger partial charge is 0.302 e. The van der Waals surface area contributed by atoms with Crippen LogP contribution in [0.5, 0.6) is 0 Å². The molecule has 0 radical (unpaired) electrons. The van der Waals surface area contributed by atoms with Gasteiger partial charge in [-0.05, 0) is 31.5 Å². The molecule has 35 heavy (non-hydrogen) atoms. The minimum Gasteiger partial charge on any atom is -0.507 e. The molecule has 176 valence electrons. The Hall–Kier alpha value is -3.69. The van der Waals surface area contributed by atoms with Crippen LogP contribution in [0.1, 0.15) is 34.1 Å². The minimum atomic E-state index is -0.950. The summed E-state index contributed by atoms with van der Waals surface area (Å²) in [5, 5.41) is 19.8. The molecule has 0 spiro atoms. The molecule has 0 aliphatic carbocycles. The lowest BCUT2D eigenvalue weighted by atomic mass is 9.99. The first-order valence-corrected chi connectivity index (χ1v) is 12.7. The highest BCUT2D eigenvalue weighted by Crippen LogP contribution is 2.44. The predicted molar refractivity (Wildman–Crippen MR) is 135 cm³/mol. The Morgan fingerprint density at radius 3 is 2.37 bits per heavy atom. The van der Waals surface area contributed by atoms with Gasteiger partial charge in [0.2, 0.25) is 5.13 Å². The second-order valence-electron chi connectivity index (χ2n) is 8.18. The zero-order valence-corrected chi connectivity index (χ0v) is 20.6. The van der Waals surface area contributed by atoms with Crippen LogP contribution >= 0.6 is 23.1 Å². The van der Waals surface area contributed by atoms with Gasteiger partial charge in [-0.2, -0.15) is 0 Å². The van der Waals surface area contributed by atoms with Crippen LogP contribution < -0.4 is 4.90 Å². The summed E-state index contributed by atoms with van der Waals surface area (Å²) in [5.41, 5.74) is 3.74. The minimum absolute atomic E-state index is 0.0436. The molecule has 1 aliphatic rings. The lowest BCUT2D eigenvalue weighted by Gasteiger charge is -2.20. The van der Waals surface area contributed by atoms with Gasteiger partial charge in [0.1, 0.15) is 17.6 Å². The van der Waals surface area contributed by atoms with E-state index >= 15 is 0 Å². The first-order valence-electron chi connectivity index (χ1n) is 10.9. The zero-order chi connectivity index (χ0) is 24.5. The fraction of sp³-hybridized carbons (Fsp3) is 0.154. The number of ketones is 1. The molecule has 0 saturated carbocycles. The van der Waals surface area contributed by atoms with Crippen LogP contribution in [0.3, 0.4) is 0 Å². The van der Waals surface area contributed by atoms with Gasteiger partial charge in [0.15, 0.2) is 4.34 Å². The van der Waals surface area contributed by atoms with Gasteiger partial charge < -0.3 is 9.52 Å². The molecule has 5 rings (SSSR count). The number of rotatable bonds is 6. The van der Waals surface area contributed by atoms with E-state index in [9.17, 15) is 14.7 Å². The van der Waals surface area contributed by atoms with Crippen LogP contribution in [0.25, 0.3) is 5.76 Å². The van der Waals surface area contributed by atoms with Crippen LogP contribution in [0, 0.1) is 13.8 Å². The van der Waals surface area contributed by atoms with E-state index < -0.39 is 17.7 Å². The topological polar surface area (TPSA) is 96.5 Å². The number of hydrogen-bond donors (Lipinski definition) is 1. The average molecular weight is 504 g/mol. The number of carbonyl (C=O) groups excluding carboxylic acids is 2. The van der Waals surface area contributed by atoms with Gasteiger partial charge >= 0.3 is 5.91 Å². The normalized spacial score (nSPS) is 17.3. The first-order chi connectivity index (χ1) is 16.9. The summed E-state index contributed by atoms with van der Waals surface area (Å²) in [6.45, 7) is 3.96. The largest absolute Gasteiger partial charge is 0.507 e. The van der Waals surface area contributed by atoms with Crippen LogP contribution in [0.4, 0.5) is 5.13 Å². The first kappa shape index (κ1) is 23.1. The molecule has 3 heterocycles. The fourth-order valence-corrected chi connectivity index (χ4v) is 5.62. The van der Waals surface area contributed by atoms with Crippen LogP contribution in [0.2, 0.25) is 0 Å². The second kappa shape index (κ2) is 9.52. The van der Waals surface area contributed by atoms with E-state index in [4.69, 9.17) is 4.42 Å². The Balaban J connectivity index is 1.49. The molecule has 9 heteroatoms. The molecule has 7 nitrogen and oxygen atoms in total. The molecule has 1 amide bonds. The van der Waals surface area contributed by atoms with Crippen molar-refractivity contribution in [2.24, 2.45) is 0 Å². The number of Topliss-reactive ketones (excluding diaryl/α,β-unsaturated/α-hetero) is 1. The number of benzene rings is 2. The van der Waals surface area contributed by atoms with Gasteiger partial charge in [-0.15, -0.1) is 10.2 Å². The maximum absolute atomic E-state index is 13.2. The van der Waals surface area contributed by atoms with Crippen molar-refractivity contribution in [1.29, 1.82) is 0 Å². The Bertz CT molecular complexity index is 1410. The third kappa shape index (κ3) is 4.52. The molecule has 1 saturated heterocycles. The number of anilines is 1. The van der Waals surface area contributed by atoms with Crippen LogP contribution in [-0.2, 0) is 15.3 Å². The van der Waals surface area contributed by atoms with Crippen molar-refractivity contribution in [3.05, 3.63) is 101 Å². The summed E-state index contributed by atoms with van der Waals surface area (Å²) < 4.78 is 6.25. The highest BCUT2D eigenvalue weighted by molar-refractivity contribution is 8.00. The van der Waals surface area contributed by atoms with Gasteiger partial charge in [0, 0.05) is 11.3 Å². The van der Waals surface area contributed by atoms with Crippen molar-refractivity contribution >= 4 is 45.7 Å². The molecular weight excluding hydrogens is 482 g/mol. The summed E-state index contributed by atoms with van der Waals surface area (Å²) in [6, 6.07) is 17.7. The van der Waals surface area contributed by atoms with E-state index in [1.807, 2.05) is 26.0 Å². The van der Waals surface area contributed by atoms with Gasteiger partial charge in [-0.3, -0.25) is 14.5 Å². The van der Waals surface area contributed by atoms with Crippen LogP contribution in [-0.4, -0.2) is 27.0 Å². The van der Waals surface area contributed by atoms with Gasteiger partial charge in [0.25, 0.3) is 5.78 Å². The van der Waals surface area contributed by atoms with Crippen molar-refractivity contribution in [3.63, 3.8) is 0 Å². The molecule has 0 bridgehead atoms. The third-order valence-corrected chi connectivity index (χ3v) is 7.79. The molecular formula is C26H21N3O4S2. The molecule has 1 fully saturated rings. The standard InChI is InChI=1S/C26H21N3O4S2/c1-15-5-9-17(10-6-15)14-34-26-28-27-25(35-26)29-21(19-4-3-13-33-19)20(23(31)24(29)32)22(30)18-11-7-16(2)8-12-18/h3-13,21,30H,14H2,1-2H3/b22-20-. The highest BCUT2D eigenvalue weighted by atomic mass is 32.2. The maximum Gasteiger partial charge on any atom is 0.302 e. The van der Waals surface area contributed by atoms with Crippen molar-refractivity contribution in [3.8, 4) is 0 Å². The fourth-order valence-electron chi connectivity index (χ4n) is 3.80. The number of aliphatic hydroxyl groups is 1. The summed E-state index contributed by atoms with van der Waals surface area (Å²) in [6.07, 6.45) is 1.46. The van der Waals surface area contributed by atoms with Gasteiger partial charge in [0.05, 0.1) is 11.8 Å². The van der Waals surface area contributed by atoms with E-state index in [-0.39, 0.29) is 16.5 Å². The Morgan fingerprint density at radius 1 is 1.03 bits per heavy atom. The van der Waals surface area contributed by atoms with Crippen molar-refractivity contribution in [2.75, 3.05) is 4.90 Å². The van der Waals surface area contributed by atoms with E-state index in [2.05, 4.69) is 34.5 Å². The van der Waals surface area contributed by atoms with Crippen molar-refractivity contribution in [2.45, 2.75) is 30.0 Å². The van der Waals surface area contributed by atoms with Crippen LogP contribution in [0.15, 0.2) is 81.3 Å². The van der Waals surface area contributed by atoms with Gasteiger partial charge in [-0.25, -0.2) is 0 Å². The molecule has 1 N–H and O–H groups in total. The van der Waals surface area contributed by atoms with Crippen molar-refractivity contribution < 1.29 is 19.1 Å². The molecule has 1 aliphatic heterocycles. The quantitative estimate of drug-likeness (QED) is 0.119. The summed E-state index contributed by atoms with van der Waals surface area (Å²) >= 11 is 2.72. The summed E-state index contributed by atoms with van der Waals surface area (Å²) in [7, 11) is 0. The lowest BCUT2D eigenvalue weighted by Crippen LogP contribution is -2.29. The summed E-state index contributed by atoms with van der Waals surface area (Å²) in [4.78, 5) is 27.5. The van der Waals surface area contributed by atoms with E-state index in [0.717, 1.165) is 11.1 Å². The number of amides is 1. The molecule has 1 unspecified atom stereocenters. The molecule has 4 aromatic rings. The average Bonchev–Trinajstić information content (AvgIpc) is 3.60. The monoisotopic (exact) mass is 503 g/mol. The van der Waals surface area contributed by atoms with Gasteiger partial charge in [-0.1, -0.05) is 82.8 Å². The zero-order valence-electron chi connectivity index (χ0n) is 19.0. The third-order valence-electron chi connectivity index (χ3n) is 5.67. The number of aliphatic hydroxyl groups excluding tert-OH is 1. The van der Waals surface area contributed by atoms with E-state index in [1.54, 1.807) is 24.3 Å². The molecule has 1 atom stereocenters. The number of nitrogens with zero attached hydrogens (tertiary/aromatic N) is 3. The number of aromatic nitrogens is 2. The number of thioether (sulfide) groups is 1. The second-order valence-corrected chi connectivity index (χ2v) is 10.4. The van der Waals surface area contributed by atoms with Crippen molar-refractivity contribution in [1.82, 2.24) is 10.2 Å². The number of aryl methyl sites for hydroxylation is 2. The summed E-state index contributed by atoms with van der Waals surface area (Å²) in [5.74, 6) is -0.796. The SMILES string of the molecule is Cc1ccc(CSc2nnc(N3C(=O)C(=O)/C(=C(\O)c4ccc(C)cc4)C3c3ccco3)s2)cc1. The lowest BCUT2D eigenvalue weighted by molar-refractivity contribution is -0.132. The number of carbonyl (C=O) groups is 2. The van der Waals surface area contributed by atoms with E-state index in [1.165, 1.54) is 39.8 Å². The predicted octanol–water partition coefficient (Wildman–Crippen LogP) is 5.67. The Labute approximate surface area is 210 Å². The number of furan rings is 1. The maximum atomic E-state index is 13.2. The Kier molecular flexibility index (Phi) is 6.27. The Morgan fingerprint density at radius 2 is 1.71 bits per heavy atom. The highest BCUT2D eigenvalue weighted by Gasteiger charge is 2.49. The molecule has 2 aromatic carbocycles. The molecule has 2 aromatic heterocycles. The van der Waals surface area contributed by atoms with E-state index in [0.29, 0.717) is 21.4 Å². The number of hydrogen-bond acceptors (Lipinski definition) is 8.